The maximum Gasteiger partial charge on any atom is 0.305 e. The fourth-order valence-corrected chi connectivity index (χ4v) is 1.26. The van der Waals surface area contributed by atoms with Gasteiger partial charge in [-0.15, -0.1) is 0 Å². The molecule has 1 rings (SSSR count). The molecule has 0 amide bonds. The second kappa shape index (κ2) is 6.19. The SMILES string of the molecule is COC(=O)CCCNCc1cnn(C)c1. The van der Waals surface area contributed by atoms with Crippen LogP contribution in [0.15, 0.2) is 12.4 Å². The molecule has 1 heterocycles. The standard InChI is InChI=1S/C10H17N3O2/c1-13-8-9(7-12-13)6-11-5-3-4-10(14)15-2/h7-8,11H,3-6H2,1-2H3. The van der Waals surface area contributed by atoms with Crippen molar-refractivity contribution in [3.8, 4) is 0 Å². The lowest BCUT2D eigenvalue weighted by atomic mass is 10.3. The second-order valence-electron chi connectivity index (χ2n) is 3.38. The lowest BCUT2D eigenvalue weighted by Crippen LogP contribution is -2.15. The molecule has 0 saturated carbocycles. The number of nitrogens with zero attached hydrogens (tertiary/aromatic N) is 2. The summed E-state index contributed by atoms with van der Waals surface area (Å²) in [5.41, 5.74) is 1.15. The van der Waals surface area contributed by atoms with Crippen LogP contribution in [-0.2, 0) is 23.1 Å². The Labute approximate surface area is 89.4 Å². The van der Waals surface area contributed by atoms with Crippen LogP contribution in [0.1, 0.15) is 18.4 Å². The van der Waals surface area contributed by atoms with Gasteiger partial charge in [0.1, 0.15) is 0 Å². The van der Waals surface area contributed by atoms with Gasteiger partial charge in [0.05, 0.1) is 13.3 Å². The molecule has 0 saturated heterocycles. The summed E-state index contributed by atoms with van der Waals surface area (Å²) in [5.74, 6) is -0.154. The molecule has 0 aliphatic carbocycles. The van der Waals surface area contributed by atoms with E-state index in [-0.39, 0.29) is 5.97 Å². The molecular weight excluding hydrogens is 194 g/mol. The summed E-state index contributed by atoms with van der Waals surface area (Å²) in [6.07, 6.45) is 5.06. The first-order chi connectivity index (χ1) is 7.22. The summed E-state index contributed by atoms with van der Waals surface area (Å²) in [5, 5.41) is 7.29. The number of ether oxygens (including phenoxy) is 1. The minimum absolute atomic E-state index is 0.154. The monoisotopic (exact) mass is 211 g/mol. The molecule has 0 bridgehead atoms. The molecule has 0 atom stereocenters. The van der Waals surface area contributed by atoms with Crippen LogP contribution in [0.25, 0.3) is 0 Å². The van der Waals surface area contributed by atoms with Gasteiger partial charge in [-0.2, -0.15) is 5.10 Å². The van der Waals surface area contributed by atoms with Crippen LogP contribution in [0.4, 0.5) is 0 Å². The van der Waals surface area contributed by atoms with E-state index >= 15 is 0 Å². The number of nitrogens with one attached hydrogen (secondary N) is 1. The zero-order valence-corrected chi connectivity index (χ0v) is 9.19. The largest absolute Gasteiger partial charge is 0.469 e. The first-order valence-corrected chi connectivity index (χ1v) is 4.97. The van der Waals surface area contributed by atoms with Crippen LogP contribution in [-0.4, -0.2) is 29.4 Å². The fraction of sp³-hybridized carbons (Fsp3) is 0.600. The minimum atomic E-state index is -0.154. The highest BCUT2D eigenvalue weighted by Gasteiger charge is 1.99. The van der Waals surface area contributed by atoms with Crippen LogP contribution < -0.4 is 5.32 Å². The van der Waals surface area contributed by atoms with Gasteiger partial charge in [-0.05, 0) is 13.0 Å². The molecule has 0 fully saturated rings. The van der Waals surface area contributed by atoms with E-state index in [4.69, 9.17) is 0 Å². The van der Waals surface area contributed by atoms with E-state index in [9.17, 15) is 4.79 Å². The highest BCUT2D eigenvalue weighted by molar-refractivity contribution is 5.69. The van der Waals surface area contributed by atoms with Crippen LogP contribution in [0.2, 0.25) is 0 Å². The molecule has 0 unspecified atom stereocenters. The van der Waals surface area contributed by atoms with Gasteiger partial charge in [0.25, 0.3) is 0 Å². The van der Waals surface area contributed by atoms with Crippen LogP contribution in [0.5, 0.6) is 0 Å². The summed E-state index contributed by atoms with van der Waals surface area (Å²) in [7, 11) is 3.30. The third-order valence-electron chi connectivity index (χ3n) is 2.05. The highest BCUT2D eigenvalue weighted by atomic mass is 16.5. The summed E-state index contributed by atoms with van der Waals surface area (Å²) in [4.78, 5) is 10.8. The Morgan fingerprint density at radius 3 is 3.07 bits per heavy atom. The number of esters is 1. The van der Waals surface area contributed by atoms with E-state index in [1.807, 2.05) is 19.4 Å². The Balaban J connectivity index is 2.05. The Bertz CT molecular complexity index is 309. The Morgan fingerprint density at radius 1 is 1.67 bits per heavy atom. The van der Waals surface area contributed by atoms with Crippen LogP contribution >= 0.6 is 0 Å². The van der Waals surface area contributed by atoms with Crippen molar-refractivity contribution in [2.75, 3.05) is 13.7 Å². The topological polar surface area (TPSA) is 56.1 Å². The smallest absolute Gasteiger partial charge is 0.305 e. The van der Waals surface area contributed by atoms with Gasteiger partial charge in [0.2, 0.25) is 0 Å². The van der Waals surface area contributed by atoms with Crippen LogP contribution in [0, 0.1) is 0 Å². The van der Waals surface area contributed by atoms with Gasteiger partial charge < -0.3 is 10.1 Å². The third-order valence-corrected chi connectivity index (χ3v) is 2.05. The van der Waals surface area contributed by atoms with Crippen LogP contribution in [0.3, 0.4) is 0 Å². The lowest BCUT2D eigenvalue weighted by Gasteiger charge is -2.01. The average molecular weight is 211 g/mol. The quantitative estimate of drug-likeness (QED) is 0.548. The van der Waals surface area contributed by atoms with E-state index in [1.165, 1.54) is 7.11 Å². The predicted octanol–water partition coefficient (Wildman–Crippen LogP) is 0.463. The predicted molar refractivity (Wildman–Crippen MR) is 56.2 cm³/mol. The molecule has 0 aromatic carbocycles. The molecule has 5 nitrogen and oxygen atoms in total. The lowest BCUT2D eigenvalue weighted by molar-refractivity contribution is -0.140. The van der Waals surface area contributed by atoms with E-state index in [2.05, 4.69) is 15.2 Å². The number of aryl methyl sites for hydroxylation is 1. The van der Waals surface area contributed by atoms with Crippen molar-refractivity contribution < 1.29 is 9.53 Å². The van der Waals surface area contributed by atoms with Crippen molar-refractivity contribution >= 4 is 5.97 Å². The molecule has 1 aromatic rings. The Morgan fingerprint density at radius 2 is 2.47 bits per heavy atom. The molecule has 84 valence electrons. The zero-order valence-electron chi connectivity index (χ0n) is 9.19. The van der Waals surface area contributed by atoms with E-state index in [0.29, 0.717) is 6.42 Å². The molecule has 5 heteroatoms. The van der Waals surface area contributed by atoms with Gasteiger partial charge in [0, 0.05) is 31.8 Å². The van der Waals surface area contributed by atoms with Gasteiger partial charge in [-0.1, -0.05) is 0 Å². The second-order valence-corrected chi connectivity index (χ2v) is 3.38. The van der Waals surface area contributed by atoms with Gasteiger partial charge in [-0.25, -0.2) is 0 Å². The summed E-state index contributed by atoms with van der Waals surface area (Å²) >= 11 is 0. The van der Waals surface area contributed by atoms with E-state index in [1.54, 1.807) is 4.68 Å². The Kier molecular flexibility index (Phi) is 4.83. The van der Waals surface area contributed by atoms with E-state index < -0.39 is 0 Å². The molecule has 15 heavy (non-hydrogen) atoms. The maximum absolute atomic E-state index is 10.8. The van der Waals surface area contributed by atoms with Gasteiger partial charge >= 0.3 is 5.97 Å². The zero-order chi connectivity index (χ0) is 11.1. The summed E-state index contributed by atoms with van der Waals surface area (Å²) < 4.78 is 6.31. The van der Waals surface area contributed by atoms with Crippen molar-refractivity contribution in [1.29, 1.82) is 0 Å². The molecule has 0 aliphatic heterocycles. The van der Waals surface area contributed by atoms with Gasteiger partial charge in [0.15, 0.2) is 0 Å². The Hall–Kier alpha value is -1.36. The number of methoxy groups -OCH3 is 1. The van der Waals surface area contributed by atoms with Crippen molar-refractivity contribution in [3.05, 3.63) is 18.0 Å². The number of rotatable bonds is 6. The number of carbonyl (C=O) groups excluding carboxylic acids is 1. The highest BCUT2D eigenvalue weighted by Crippen LogP contribution is 1.95. The first-order valence-electron chi connectivity index (χ1n) is 4.97. The molecule has 0 aliphatic rings. The number of hydrogen-bond donors (Lipinski definition) is 1. The molecule has 1 N–H and O–H groups in total. The van der Waals surface area contributed by atoms with Crippen molar-refractivity contribution in [1.82, 2.24) is 15.1 Å². The molecule has 0 radical (unpaired) electrons. The minimum Gasteiger partial charge on any atom is -0.469 e. The van der Waals surface area contributed by atoms with Gasteiger partial charge in [-0.3, -0.25) is 9.48 Å². The number of hydrogen-bond acceptors (Lipinski definition) is 4. The van der Waals surface area contributed by atoms with E-state index in [0.717, 1.165) is 25.1 Å². The first kappa shape index (κ1) is 11.7. The summed E-state index contributed by atoms with van der Waals surface area (Å²) in [6, 6.07) is 0. The number of carbonyl (C=O) groups is 1. The fourth-order valence-electron chi connectivity index (χ4n) is 1.26. The molecule has 0 spiro atoms. The normalized spacial score (nSPS) is 10.3. The third kappa shape index (κ3) is 4.60. The maximum atomic E-state index is 10.8. The molecular formula is C10H17N3O2. The average Bonchev–Trinajstić information content (AvgIpc) is 2.63. The van der Waals surface area contributed by atoms with Crippen molar-refractivity contribution in [2.24, 2.45) is 7.05 Å². The van der Waals surface area contributed by atoms with Crippen molar-refractivity contribution in [3.63, 3.8) is 0 Å². The summed E-state index contributed by atoms with van der Waals surface area (Å²) in [6.45, 7) is 1.60. The number of aromatic nitrogens is 2. The molecule has 1 aromatic heterocycles. The van der Waals surface area contributed by atoms with Crippen molar-refractivity contribution in [2.45, 2.75) is 19.4 Å².